The molecule has 0 bridgehead atoms. The summed E-state index contributed by atoms with van der Waals surface area (Å²) in [6, 6.07) is 29.9. The molecule has 0 spiro atoms. The summed E-state index contributed by atoms with van der Waals surface area (Å²) < 4.78 is 6.97. The topological polar surface area (TPSA) is 112 Å². The maximum atomic E-state index is 13.8. The average Bonchev–Trinajstić information content (AvgIpc) is 3.42. The Balaban J connectivity index is 1.36. The van der Waals surface area contributed by atoms with E-state index in [0.717, 1.165) is 52.0 Å². The number of methoxy groups -OCH3 is 1. The second-order valence-corrected chi connectivity index (χ2v) is 11.6. The number of hydrogen-bond acceptors (Lipinski definition) is 6. The van der Waals surface area contributed by atoms with Crippen molar-refractivity contribution in [1.29, 1.82) is 0 Å². The van der Waals surface area contributed by atoms with Gasteiger partial charge in [0.2, 0.25) is 5.91 Å². The lowest BCUT2D eigenvalue weighted by Crippen LogP contribution is -2.40. The highest BCUT2D eigenvalue weighted by atomic mass is 16.6. The zero-order chi connectivity index (χ0) is 33.2. The quantitative estimate of drug-likeness (QED) is 0.113. The van der Waals surface area contributed by atoms with Crippen molar-refractivity contribution in [1.82, 2.24) is 20.3 Å². The van der Waals surface area contributed by atoms with E-state index in [9.17, 15) is 14.4 Å². The van der Waals surface area contributed by atoms with E-state index in [0.29, 0.717) is 24.1 Å². The molecule has 0 saturated carbocycles. The number of aromatic nitrogens is 2. The number of benzene rings is 4. The molecule has 9 heteroatoms. The smallest absolute Gasteiger partial charge is 0.337 e. The van der Waals surface area contributed by atoms with Gasteiger partial charge in [-0.2, -0.15) is 0 Å². The maximum absolute atomic E-state index is 13.8. The number of esters is 1. The van der Waals surface area contributed by atoms with Crippen LogP contribution in [0.25, 0.3) is 11.0 Å². The first-order valence-electron chi connectivity index (χ1n) is 15.8. The molecule has 1 atom stereocenters. The Bertz CT molecular complexity index is 1820. The Hall–Kier alpha value is -5.28. The van der Waals surface area contributed by atoms with Gasteiger partial charge in [0.05, 0.1) is 30.3 Å². The summed E-state index contributed by atoms with van der Waals surface area (Å²) >= 11 is 0. The zero-order valence-electron chi connectivity index (χ0n) is 27.0. The van der Waals surface area contributed by atoms with E-state index in [4.69, 9.17) is 14.6 Å². The number of imidazole rings is 1. The van der Waals surface area contributed by atoms with Crippen LogP contribution in [0, 0.1) is 6.92 Å². The van der Waals surface area contributed by atoms with Crippen LogP contribution in [-0.2, 0) is 40.4 Å². The third-order valence-electron chi connectivity index (χ3n) is 7.93. The number of rotatable bonds is 14. The Labute approximate surface area is 274 Å². The molecule has 0 aliphatic heterocycles. The lowest BCUT2D eigenvalue weighted by molar-refractivity contribution is -0.135. The third-order valence-corrected chi connectivity index (χ3v) is 7.93. The molecule has 1 heterocycles. The number of aryl methyl sites for hydroxylation is 2. The van der Waals surface area contributed by atoms with Crippen LogP contribution in [0.15, 0.2) is 97.1 Å². The average molecular weight is 633 g/mol. The molecule has 0 unspecified atom stereocenters. The number of carbonyl (C=O) groups is 3. The summed E-state index contributed by atoms with van der Waals surface area (Å²) in [5, 5.41) is 3.11. The van der Waals surface area contributed by atoms with Gasteiger partial charge in [-0.25, -0.2) is 15.3 Å². The molecule has 0 aliphatic rings. The van der Waals surface area contributed by atoms with Gasteiger partial charge >= 0.3 is 5.97 Å². The molecule has 5 aromatic rings. The Morgan fingerprint density at radius 1 is 0.851 bits per heavy atom. The largest absolute Gasteiger partial charge is 0.465 e. The standard InChI is InChI=1S/C38H40N4O5/c1-4-11-34-40-36-26(2)20-31(22-33(36)42(34)24-28-16-18-30(19-17-28)38(45)46-3)37(44)39-32(21-27-12-7-5-8-13-27)23-35(43)41-47-25-29-14-9-6-10-15-29/h5-10,12-20,22,32H,4,11,21,23-25H2,1-3H3,(H,39,44)(H,41,43)/t32-/m1/s1. The molecule has 4 aromatic carbocycles. The monoisotopic (exact) mass is 632 g/mol. The van der Waals surface area contributed by atoms with Crippen molar-refractivity contribution in [2.45, 2.75) is 58.7 Å². The van der Waals surface area contributed by atoms with Crippen LogP contribution in [0.3, 0.4) is 0 Å². The van der Waals surface area contributed by atoms with Gasteiger partial charge in [0.1, 0.15) is 5.82 Å². The Morgan fingerprint density at radius 2 is 1.53 bits per heavy atom. The maximum Gasteiger partial charge on any atom is 0.337 e. The van der Waals surface area contributed by atoms with E-state index in [1.165, 1.54) is 7.11 Å². The van der Waals surface area contributed by atoms with E-state index in [1.54, 1.807) is 12.1 Å². The zero-order valence-corrected chi connectivity index (χ0v) is 27.0. The van der Waals surface area contributed by atoms with E-state index >= 15 is 0 Å². The van der Waals surface area contributed by atoms with Gasteiger partial charge in [0.25, 0.3) is 5.91 Å². The van der Waals surface area contributed by atoms with Gasteiger partial charge in [0, 0.05) is 31.0 Å². The van der Waals surface area contributed by atoms with Gasteiger partial charge in [-0.3, -0.25) is 14.4 Å². The number of hydrogen-bond donors (Lipinski definition) is 2. The van der Waals surface area contributed by atoms with Crippen molar-refractivity contribution in [3.63, 3.8) is 0 Å². The minimum atomic E-state index is -0.477. The number of amides is 2. The van der Waals surface area contributed by atoms with Crippen LogP contribution >= 0.6 is 0 Å². The minimum Gasteiger partial charge on any atom is -0.465 e. The number of nitrogens with zero attached hydrogens (tertiary/aromatic N) is 2. The second-order valence-electron chi connectivity index (χ2n) is 11.6. The van der Waals surface area contributed by atoms with Gasteiger partial charge in [-0.1, -0.05) is 79.7 Å². The number of fused-ring (bicyclic) bond motifs is 1. The van der Waals surface area contributed by atoms with Gasteiger partial charge in [0.15, 0.2) is 0 Å². The van der Waals surface area contributed by atoms with Crippen LogP contribution in [0.4, 0.5) is 0 Å². The molecule has 242 valence electrons. The van der Waals surface area contributed by atoms with Crippen molar-refractivity contribution in [2.24, 2.45) is 0 Å². The molecule has 0 fully saturated rings. The van der Waals surface area contributed by atoms with Crippen LogP contribution in [0.2, 0.25) is 0 Å². The fraction of sp³-hybridized carbons (Fsp3) is 0.263. The molecular formula is C38H40N4O5. The molecule has 2 amide bonds. The Morgan fingerprint density at radius 3 is 2.19 bits per heavy atom. The summed E-state index contributed by atoms with van der Waals surface area (Å²) in [7, 11) is 1.36. The van der Waals surface area contributed by atoms with Gasteiger partial charge in [-0.05, 0) is 66.3 Å². The highest BCUT2D eigenvalue weighted by molar-refractivity contribution is 5.99. The van der Waals surface area contributed by atoms with Crippen molar-refractivity contribution >= 4 is 28.8 Å². The van der Waals surface area contributed by atoms with Crippen molar-refractivity contribution < 1.29 is 24.0 Å². The van der Waals surface area contributed by atoms with E-state index < -0.39 is 6.04 Å². The molecule has 5 rings (SSSR count). The highest BCUT2D eigenvalue weighted by Gasteiger charge is 2.21. The lowest BCUT2D eigenvalue weighted by Gasteiger charge is -2.19. The molecule has 0 saturated heterocycles. The highest BCUT2D eigenvalue weighted by Crippen LogP contribution is 2.25. The summed E-state index contributed by atoms with van der Waals surface area (Å²) in [6.45, 7) is 4.83. The van der Waals surface area contributed by atoms with E-state index in [2.05, 4.69) is 22.3 Å². The number of hydroxylamine groups is 1. The fourth-order valence-corrected chi connectivity index (χ4v) is 5.59. The van der Waals surface area contributed by atoms with Crippen LogP contribution in [0.5, 0.6) is 0 Å². The minimum absolute atomic E-state index is 0.0385. The molecule has 1 aromatic heterocycles. The van der Waals surface area contributed by atoms with Crippen LogP contribution in [0.1, 0.15) is 68.6 Å². The summed E-state index contributed by atoms with van der Waals surface area (Å²) in [5.74, 6) is -0.0601. The van der Waals surface area contributed by atoms with E-state index in [-0.39, 0.29) is 30.8 Å². The predicted molar refractivity (Wildman–Crippen MR) is 181 cm³/mol. The molecule has 2 N–H and O–H groups in total. The Kier molecular flexibility index (Phi) is 11.1. The van der Waals surface area contributed by atoms with Crippen LogP contribution in [-0.4, -0.2) is 40.5 Å². The predicted octanol–water partition coefficient (Wildman–Crippen LogP) is 6.11. The first-order valence-corrected chi connectivity index (χ1v) is 15.8. The first-order chi connectivity index (χ1) is 22.8. The molecule has 9 nitrogen and oxygen atoms in total. The SMILES string of the molecule is CCCc1nc2c(C)cc(C(=O)N[C@@H](CC(=O)NOCc3ccccc3)Cc3ccccc3)cc2n1Cc1ccc(C(=O)OC)cc1. The molecule has 0 aliphatic carbocycles. The molecule has 0 radical (unpaired) electrons. The van der Waals surface area contributed by atoms with Crippen molar-refractivity contribution in [3.05, 3.63) is 136 Å². The summed E-state index contributed by atoms with van der Waals surface area (Å²) in [6.07, 6.45) is 2.20. The third kappa shape index (κ3) is 8.71. The molecule has 47 heavy (non-hydrogen) atoms. The normalized spacial score (nSPS) is 11.6. The van der Waals surface area contributed by atoms with Crippen LogP contribution < -0.4 is 10.8 Å². The summed E-state index contributed by atoms with van der Waals surface area (Å²) in [4.78, 5) is 49.1. The van der Waals surface area contributed by atoms with Gasteiger partial charge in [-0.15, -0.1) is 0 Å². The van der Waals surface area contributed by atoms with Crippen molar-refractivity contribution in [3.8, 4) is 0 Å². The van der Waals surface area contributed by atoms with Gasteiger partial charge < -0.3 is 14.6 Å². The number of ether oxygens (including phenoxy) is 1. The van der Waals surface area contributed by atoms with E-state index in [1.807, 2.05) is 91.9 Å². The lowest BCUT2D eigenvalue weighted by atomic mass is 10.0. The second kappa shape index (κ2) is 15.8. The summed E-state index contributed by atoms with van der Waals surface area (Å²) in [5.41, 5.74) is 9.00. The number of carbonyl (C=O) groups excluding carboxylic acids is 3. The fourth-order valence-electron chi connectivity index (χ4n) is 5.59. The number of nitrogens with one attached hydrogen (secondary N) is 2. The van der Waals surface area contributed by atoms with Crippen molar-refractivity contribution in [2.75, 3.05) is 7.11 Å². The first kappa shape index (κ1) is 33.1. The molecular weight excluding hydrogens is 592 g/mol.